The number of anilines is 2. The number of aromatic nitrogens is 3. The van der Waals surface area contributed by atoms with Crippen LogP contribution in [0.2, 0.25) is 0 Å². The molecule has 0 amide bonds. The summed E-state index contributed by atoms with van der Waals surface area (Å²) in [7, 11) is 2.07. The van der Waals surface area contributed by atoms with E-state index in [-0.39, 0.29) is 0 Å². The van der Waals surface area contributed by atoms with Gasteiger partial charge in [-0.15, -0.1) is 0 Å². The maximum atomic E-state index is 6.04. The maximum absolute atomic E-state index is 6.04. The van der Waals surface area contributed by atoms with E-state index in [2.05, 4.69) is 70.2 Å². The third-order valence-corrected chi connectivity index (χ3v) is 5.55. The summed E-state index contributed by atoms with van der Waals surface area (Å²) in [6.07, 6.45) is 4.87. The van der Waals surface area contributed by atoms with Crippen LogP contribution in [0.5, 0.6) is 0 Å². The lowest BCUT2D eigenvalue weighted by Crippen LogP contribution is -2.14. The molecule has 0 saturated heterocycles. The van der Waals surface area contributed by atoms with Crippen molar-refractivity contribution >= 4 is 33.8 Å². The van der Waals surface area contributed by atoms with E-state index in [9.17, 15) is 0 Å². The zero-order chi connectivity index (χ0) is 18.7. The van der Waals surface area contributed by atoms with E-state index in [1.54, 1.807) is 0 Å². The van der Waals surface area contributed by atoms with Gasteiger partial charge in [0.25, 0.3) is 0 Å². The fourth-order valence-electron chi connectivity index (χ4n) is 4.06. The van der Waals surface area contributed by atoms with Gasteiger partial charge in [-0.05, 0) is 59.5 Å². The predicted octanol–water partition coefficient (Wildman–Crippen LogP) is 5.08. The molecule has 0 N–H and O–H groups in total. The number of oxazole rings is 1. The molecule has 28 heavy (non-hydrogen) atoms. The summed E-state index contributed by atoms with van der Waals surface area (Å²) >= 11 is 0. The van der Waals surface area contributed by atoms with E-state index < -0.39 is 0 Å². The summed E-state index contributed by atoms with van der Waals surface area (Å²) in [6, 6.07) is 19.6. The Balaban J connectivity index is 1.42. The molecule has 0 unspecified atom stereocenters. The second-order valence-corrected chi connectivity index (χ2v) is 7.27. The summed E-state index contributed by atoms with van der Waals surface area (Å²) in [5.41, 5.74) is 6.45. The molecule has 1 aliphatic heterocycles. The Morgan fingerprint density at radius 3 is 2.86 bits per heavy atom. The summed E-state index contributed by atoms with van der Waals surface area (Å²) in [4.78, 5) is 11.3. The minimum Gasteiger partial charge on any atom is -0.423 e. The molecule has 0 fully saturated rings. The van der Waals surface area contributed by atoms with E-state index >= 15 is 0 Å². The summed E-state index contributed by atoms with van der Waals surface area (Å²) in [5, 5.41) is 1.24. The standard InChI is InChI=1S/C23H18N4O/c1-26-11-8-18-13-16(4-6-20(18)26)17-5-7-21-19(14-17)25-23(28-21)27-12-9-15-3-2-10-24-22(15)27/h2-8,10-11,13-14H,9,12H2,1H3. The molecule has 0 aliphatic carbocycles. The van der Waals surface area contributed by atoms with Crippen molar-refractivity contribution in [2.24, 2.45) is 7.05 Å². The Kier molecular flexibility index (Phi) is 3.14. The Morgan fingerprint density at radius 1 is 1.00 bits per heavy atom. The van der Waals surface area contributed by atoms with E-state index in [0.717, 1.165) is 35.4 Å². The second-order valence-electron chi connectivity index (χ2n) is 7.27. The number of nitrogens with zero attached hydrogens (tertiary/aromatic N) is 4. The van der Waals surface area contributed by atoms with E-state index in [1.165, 1.54) is 22.0 Å². The van der Waals surface area contributed by atoms with Crippen LogP contribution in [0.3, 0.4) is 0 Å². The van der Waals surface area contributed by atoms with Gasteiger partial charge in [0.1, 0.15) is 11.3 Å². The van der Waals surface area contributed by atoms with Gasteiger partial charge in [0.05, 0.1) is 0 Å². The maximum Gasteiger partial charge on any atom is 0.304 e. The zero-order valence-corrected chi connectivity index (χ0v) is 15.5. The van der Waals surface area contributed by atoms with Crippen LogP contribution in [0.1, 0.15) is 5.56 Å². The SMILES string of the molecule is Cn1ccc2cc(-c3ccc4oc(N5CCc6cccnc65)nc4c3)ccc21. The predicted molar refractivity (Wildman–Crippen MR) is 111 cm³/mol. The van der Waals surface area contributed by atoms with Crippen LogP contribution in [0.25, 0.3) is 33.1 Å². The van der Waals surface area contributed by atoms with Crippen molar-refractivity contribution in [3.8, 4) is 11.1 Å². The molecule has 0 atom stereocenters. The van der Waals surface area contributed by atoms with E-state index in [4.69, 9.17) is 9.40 Å². The lowest BCUT2D eigenvalue weighted by molar-refractivity contribution is 0.595. The van der Waals surface area contributed by atoms with Crippen molar-refractivity contribution < 1.29 is 4.42 Å². The van der Waals surface area contributed by atoms with Crippen LogP contribution < -0.4 is 4.90 Å². The summed E-state index contributed by atoms with van der Waals surface area (Å²) in [5.74, 6) is 0.948. The topological polar surface area (TPSA) is 47.1 Å². The lowest BCUT2D eigenvalue weighted by atomic mass is 10.0. The van der Waals surface area contributed by atoms with Crippen LogP contribution in [0, 0.1) is 0 Å². The van der Waals surface area contributed by atoms with Crippen LogP contribution in [-0.2, 0) is 13.5 Å². The molecular weight excluding hydrogens is 348 g/mol. The van der Waals surface area contributed by atoms with E-state index in [1.807, 2.05) is 18.3 Å². The number of aryl methyl sites for hydroxylation is 1. The van der Waals surface area contributed by atoms with Crippen molar-refractivity contribution in [2.45, 2.75) is 6.42 Å². The average Bonchev–Trinajstić information content (AvgIpc) is 3.43. The summed E-state index contributed by atoms with van der Waals surface area (Å²) < 4.78 is 8.18. The first-order valence-electron chi connectivity index (χ1n) is 9.44. The average molecular weight is 366 g/mol. The Hall–Kier alpha value is -3.60. The third kappa shape index (κ3) is 2.26. The molecular formula is C23H18N4O. The van der Waals surface area contributed by atoms with Crippen LogP contribution in [-0.4, -0.2) is 21.1 Å². The Labute approximate surface area is 161 Å². The molecule has 2 aromatic carbocycles. The van der Waals surface area contributed by atoms with Crippen molar-refractivity contribution in [2.75, 3.05) is 11.4 Å². The third-order valence-electron chi connectivity index (χ3n) is 5.55. The molecule has 5 nitrogen and oxygen atoms in total. The molecule has 4 heterocycles. The molecule has 0 radical (unpaired) electrons. The molecule has 0 bridgehead atoms. The molecule has 0 saturated carbocycles. The first-order valence-corrected chi connectivity index (χ1v) is 9.44. The van der Waals surface area contributed by atoms with Crippen molar-refractivity contribution in [1.82, 2.24) is 14.5 Å². The smallest absolute Gasteiger partial charge is 0.304 e. The quantitative estimate of drug-likeness (QED) is 0.437. The number of fused-ring (bicyclic) bond motifs is 3. The highest BCUT2D eigenvalue weighted by atomic mass is 16.4. The van der Waals surface area contributed by atoms with Gasteiger partial charge in [0.2, 0.25) is 0 Å². The van der Waals surface area contributed by atoms with Crippen LogP contribution in [0.4, 0.5) is 11.8 Å². The second kappa shape index (κ2) is 5.70. The highest BCUT2D eigenvalue weighted by molar-refractivity contribution is 5.88. The number of pyridine rings is 1. The van der Waals surface area contributed by atoms with Gasteiger partial charge in [0, 0.05) is 36.9 Å². The fourth-order valence-corrected chi connectivity index (χ4v) is 4.06. The number of rotatable bonds is 2. The van der Waals surface area contributed by atoms with Gasteiger partial charge >= 0.3 is 6.01 Å². The fraction of sp³-hybridized carbons (Fsp3) is 0.130. The highest BCUT2D eigenvalue weighted by Crippen LogP contribution is 2.35. The van der Waals surface area contributed by atoms with Gasteiger partial charge in [0.15, 0.2) is 5.58 Å². The highest BCUT2D eigenvalue weighted by Gasteiger charge is 2.25. The Morgan fingerprint density at radius 2 is 1.89 bits per heavy atom. The molecule has 5 heteroatoms. The van der Waals surface area contributed by atoms with E-state index in [0.29, 0.717) is 6.01 Å². The van der Waals surface area contributed by atoms with Gasteiger partial charge in [-0.1, -0.05) is 18.2 Å². The Bertz CT molecular complexity index is 1350. The largest absolute Gasteiger partial charge is 0.423 e. The minimum atomic E-state index is 0.614. The molecule has 5 aromatic rings. The zero-order valence-electron chi connectivity index (χ0n) is 15.5. The van der Waals surface area contributed by atoms with Gasteiger partial charge in [-0.3, -0.25) is 4.90 Å². The lowest BCUT2D eigenvalue weighted by Gasteiger charge is -2.12. The summed E-state index contributed by atoms with van der Waals surface area (Å²) in [6.45, 7) is 0.844. The van der Waals surface area contributed by atoms with Gasteiger partial charge in [-0.25, -0.2) is 4.98 Å². The van der Waals surface area contributed by atoms with Gasteiger partial charge < -0.3 is 8.98 Å². The number of benzene rings is 2. The van der Waals surface area contributed by atoms with Crippen molar-refractivity contribution in [1.29, 1.82) is 0 Å². The molecule has 6 rings (SSSR count). The molecule has 1 aliphatic rings. The minimum absolute atomic E-state index is 0.614. The molecule has 0 spiro atoms. The first kappa shape index (κ1) is 15.5. The van der Waals surface area contributed by atoms with Crippen LogP contribution >= 0.6 is 0 Å². The number of hydrogen-bond donors (Lipinski definition) is 0. The van der Waals surface area contributed by atoms with Gasteiger partial charge in [-0.2, -0.15) is 4.98 Å². The monoisotopic (exact) mass is 366 g/mol. The van der Waals surface area contributed by atoms with Crippen molar-refractivity contribution in [3.63, 3.8) is 0 Å². The van der Waals surface area contributed by atoms with Crippen LogP contribution in [0.15, 0.2) is 71.4 Å². The normalized spacial score (nSPS) is 13.5. The number of hydrogen-bond acceptors (Lipinski definition) is 4. The molecule has 136 valence electrons. The molecule has 3 aromatic heterocycles. The first-order chi connectivity index (χ1) is 13.8. The van der Waals surface area contributed by atoms with Crippen molar-refractivity contribution in [3.05, 3.63) is 72.6 Å².